The first-order valence-corrected chi connectivity index (χ1v) is 8.26. The number of hydrogen-bond donors (Lipinski definition) is 1. The van der Waals surface area contributed by atoms with E-state index in [2.05, 4.69) is 20.4 Å². The van der Waals surface area contributed by atoms with E-state index in [1.165, 1.54) is 24.5 Å². The van der Waals surface area contributed by atoms with Gasteiger partial charge in [0.2, 0.25) is 0 Å². The quantitative estimate of drug-likeness (QED) is 0.542. The minimum Gasteiger partial charge on any atom is -0.319 e. The number of nitro groups is 1. The average Bonchev–Trinajstić information content (AvgIpc) is 2.89. The van der Waals surface area contributed by atoms with Gasteiger partial charge in [0.1, 0.15) is 0 Å². The van der Waals surface area contributed by atoms with Gasteiger partial charge in [-0.05, 0) is 32.4 Å². The lowest BCUT2D eigenvalue weighted by Crippen LogP contribution is -2.14. The highest BCUT2D eigenvalue weighted by molar-refractivity contribution is 6.34. The molecule has 138 valence electrons. The van der Waals surface area contributed by atoms with Crippen molar-refractivity contribution in [3.63, 3.8) is 0 Å². The number of benzene rings is 1. The second-order valence-corrected chi connectivity index (χ2v) is 6.26. The number of non-ortho nitro benzene ring substituents is 1. The van der Waals surface area contributed by atoms with Gasteiger partial charge in [-0.2, -0.15) is 5.10 Å². The Hall–Kier alpha value is -3.33. The van der Waals surface area contributed by atoms with Crippen LogP contribution in [0.1, 0.15) is 27.3 Å². The highest BCUT2D eigenvalue weighted by Gasteiger charge is 2.16. The van der Waals surface area contributed by atoms with Gasteiger partial charge in [-0.3, -0.25) is 14.9 Å². The predicted molar refractivity (Wildman–Crippen MR) is 99.4 cm³/mol. The summed E-state index contributed by atoms with van der Waals surface area (Å²) in [4.78, 5) is 30.9. The summed E-state index contributed by atoms with van der Waals surface area (Å²) in [6.45, 7) is 5.79. The number of rotatable bonds is 4. The molecule has 0 bridgehead atoms. The molecule has 1 N–H and O–H groups in total. The minimum atomic E-state index is -0.583. The highest BCUT2D eigenvalue weighted by Crippen LogP contribution is 2.23. The lowest BCUT2D eigenvalue weighted by molar-refractivity contribution is -0.384. The van der Waals surface area contributed by atoms with Gasteiger partial charge >= 0.3 is 0 Å². The van der Waals surface area contributed by atoms with E-state index in [1.807, 2.05) is 20.8 Å². The molecule has 0 atom stereocenters. The van der Waals surface area contributed by atoms with Gasteiger partial charge in [0.05, 0.1) is 39.3 Å². The summed E-state index contributed by atoms with van der Waals surface area (Å²) in [7, 11) is 0. The van der Waals surface area contributed by atoms with Crippen molar-refractivity contribution in [2.24, 2.45) is 0 Å². The third-order valence-corrected chi connectivity index (χ3v) is 4.46. The zero-order valence-corrected chi connectivity index (χ0v) is 15.5. The molecule has 0 radical (unpaired) electrons. The molecule has 2 heterocycles. The van der Waals surface area contributed by atoms with Crippen LogP contribution in [0.15, 0.2) is 30.6 Å². The van der Waals surface area contributed by atoms with Crippen molar-refractivity contribution < 1.29 is 9.72 Å². The first-order valence-electron chi connectivity index (χ1n) is 7.88. The Balaban J connectivity index is 1.79. The van der Waals surface area contributed by atoms with Crippen LogP contribution in [0.2, 0.25) is 5.02 Å². The molecule has 3 rings (SSSR count). The summed E-state index contributed by atoms with van der Waals surface area (Å²) < 4.78 is 1.63. The monoisotopic (exact) mass is 386 g/mol. The molecule has 0 saturated heterocycles. The SMILES string of the molecule is Cc1nn(-c2ncc(NC(=O)c3ccc([N+](=O)[O-])cc3Cl)cn2)c(C)c1C. The second-order valence-electron chi connectivity index (χ2n) is 5.85. The van der Waals surface area contributed by atoms with Gasteiger partial charge < -0.3 is 5.32 Å². The third-order valence-electron chi connectivity index (χ3n) is 4.15. The molecule has 0 aliphatic rings. The summed E-state index contributed by atoms with van der Waals surface area (Å²) in [5, 5.41) is 17.7. The lowest BCUT2D eigenvalue weighted by atomic mass is 10.2. The molecule has 1 aromatic carbocycles. The van der Waals surface area contributed by atoms with Crippen LogP contribution in [-0.2, 0) is 0 Å². The van der Waals surface area contributed by atoms with Crippen molar-refractivity contribution in [3.05, 3.63) is 68.2 Å². The smallest absolute Gasteiger partial charge is 0.270 e. The number of nitrogens with one attached hydrogen (secondary N) is 1. The molecule has 0 aliphatic heterocycles. The highest BCUT2D eigenvalue weighted by atomic mass is 35.5. The van der Waals surface area contributed by atoms with Crippen LogP contribution in [0.25, 0.3) is 5.95 Å². The molecular formula is C17H15ClN6O3. The van der Waals surface area contributed by atoms with Crippen LogP contribution in [0.3, 0.4) is 0 Å². The first kappa shape index (κ1) is 18.5. The van der Waals surface area contributed by atoms with E-state index in [0.29, 0.717) is 11.6 Å². The Labute approximate surface area is 159 Å². The molecule has 10 heteroatoms. The fourth-order valence-electron chi connectivity index (χ4n) is 2.41. The molecule has 0 spiro atoms. The van der Waals surface area contributed by atoms with Crippen molar-refractivity contribution in [3.8, 4) is 5.95 Å². The van der Waals surface area contributed by atoms with Crippen LogP contribution in [0, 0.1) is 30.9 Å². The van der Waals surface area contributed by atoms with E-state index >= 15 is 0 Å². The standard InChI is InChI=1S/C17H15ClN6O3/c1-9-10(2)22-23(11(9)3)17-19-7-12(8-20-17)21-16(25)14-5-4-13(24(26)27)6-15(14)18/h4-8H,1-3H3,(H,21,25). The summed E-state index contributed by atoms with van der Waals surface area (Å²) >= 11 is 5.97. The van der Waals surface area contributed by atoms with E-state index in [-0.39, 0.29) is 16.3 Å². The van der Waals surface area contributed by atoms with E-state index in [4.69, 9.17) is 11.6 Å². The normalized spacial score (nSPS) is 10.7. The van der Waals surface area contributed by atoms with Crippen LogP contribution in [0.5, 0.6) is 0 Å². The maximum atomic E-state index is 12.3. The molecular weight excluding hydrogens is 372 g/mol. The molecule has 0 saturated carbocycles. The Bertz CT molecular complexity index is 1050. The number of amides is 1. The summed E-state index contributed by atoms with van der Waals surface area (Å²) in [5.41, 5.74) is 3.16. The number of nitrogens with zero attached hydrogens (tertiary/aromatic N) is 5. The Morgan fingerprint density at radius 3 is 2.41 bits per heavy atom. The van der Waals surface area contributed by atoms with Crippen LogP contribution >= 0.6 is 11.6 Å². The zero-order chi connectivity index (χ0) is 19.7. The van der Waals surface area contributed by atoms with Gasteiger partial charge in [-0.25, -0.2) is 14.6 Å². The average molecular weight is 387 g/mol. The summed E-state index contributed by atoms with van der Waals surface area (Å²) in [6.07, 6.45) is 2.90. The number of aromatic nitrogens is 4. The molecule has 1 amide bonds. The van der Waals surface area contributed by atoms with Gasteiger partial charge in [-0.15, -0.1) is 0 Å². The Kier molecular flexibility index (Phi) is 4.87. The Morgan fingerprint density at radius 1 is 1.22 bits per heavy atom. The number of aryl methyl sites for hydroxylation is 1. The molecule has 0 fully saturated rings. The number of hydrogen-bond acceptors (Lipinski definition) is 6. The van der Waals surface area contributed by atoms with Gasteiger partial charge in [0.15, 0.2) is 0 Å². The van der Waals surface area contributed by atoms with Gasteiger partial charge in [0, 0.05) is 17.8 Å². The molecule has 0 unspecified atom stereocenters. The molecule has 2 aromatic heterocycles. The third kappa shape index (κ3) is 3.63. The number of nitro benzene ring substituents is 1. The second kappa shape index (κ2) is 7.12. The van der Waals surface area contributed by atoms with E-state index in [1.54, 1.807) is 4.68 Å². The first-order chi connectivity index (χ1) is 12.8. The Morgan fingerprint density at radius 2 is 1.89 bits per heavy atom. The maximum absolute atomic E-state index is 12.3. The van der Waals surface area contributed by atoms with Crippen molar-refractivity contribution in [2.45, 2.75) is 20.8 Å². The van der Waals surface area contributed by atoms with Crippen LogP contribution in [-0.4, -0.2) is 30.6 Å². The van der Waals surface area contributed by atoms with Crippen molar-refractivity contribution in [1.82, 2.24) is 19.7 Å². The fourth-order valence-corrected chi connectivity index (χ4v) is 2.67. The van der Waals surface area contributed by atoms with Gasteiger partial charge in [0.25, 0.3) is 17.5 Å². The topological polar surface area (TPSA) is 116 Å². The van der Waals surface area contributed by atoms with Crippen LogP contribution < -0.4 is 5.32 Å². The van der Waals surface area contributed by atoms with E-state index < -0.39 is 10.8 Å². The van der Waals surface area contributed by atoms with Crippen LogP contribution in [0.4, 0.5) is 11.4 Å². The van der Waals surface area contributed by atoms with Crippen molar-refractivity contribution in [1.29, 1.82) is 0 Å². The maximum Gasteiger partial charge on any atom is 0.270 e. The molecule has 3 aromatic rings. The largest absolute Gasteiger partial charge is 0.319 e. The number of carbonyl (C=O) groups is 1. The molecule has 9 nitrogen and oxygen atoms in total. The van der Waals surface area contributed by atoms with E-state index in [9.17, 15) is 14.9 Å². The minimum absolute atomic E-state index is 0.0163. The lowest BCUT2D eigenvalue weighted by Gasteiger charge is -2.07. The fraction of sp³-hybridized carbons (Fsp3) is 0.176. The van der Waals surface area contributed by atoms with Gasteiger partial charge in [-0.1, -0.05) is 11.6 Å². The summed E-state index contributed by atoms with van der Waals surface area (Å²) in [5.74, 6) is -0.136. The molecule has 27 heavy (non-hydrogen) atoms. The van der Waals surface area contributed by atoms with Crippen molar-refractivity contribution >= 4 is 28.9 Å². The number of halogens is 1. The number of carbonyl (C=O) groups excluding carboxylic acids is 1. The summed E-state index contributed by atoms with van der Waals surface area (Å²) in [6, 6.07) is 3.64. The zero-order valence-electron chi connectivity index (χ0n) is 14.7. The molecule has 0 aliphatic carbocycles. The number of anilines is 1. The van der Waals surface area contributed by atoms with Crippen molar-refractivity contribution in [2.75, 3.05) is 5.32 Å². The van der Waals surface area contributed by atoms with E-state index in [0.717, 1.165) is 23.0 Å². The predicted octanol–water partition coefficient (Wildman–Crippen LogP) is 3.40.